The van der Waals surface area contributed by atoms with Gasteiger partial charge in [-0.15, -0.1) is 11.3 Å². The van der Waals surface area contributed by atoms with Gasteiger partial charge in [0.1, 0.15) is 5.76 Å². The van der Waals surface area contributed by atoms with Crippen molar-refractivity contribution in [2.75, 3.05) is 11.9 Å². The first-order valence-corrected chi connectivity index (χ1v) is 10.1. The van der Waals surface area contributed by atoms with E-state index in [-0.39, 0.29) is 18.7 Å². The van der Waals surface area contributed by atoms with Gasteiger partial charge >= 0.3 is 5.97 Å². The number of hydrogen-bond acceptors (Lipinski definition) is 6. The zero-order valence-electron chi connectivity index (χ0n) is 16.2. The number of nitrogens with zero attached hydrogens (tertiary/aromatic N) is 3. The molecule has 3 rings (SSSR count). The van der Waals surface area contributed by atoms with Gasteiger partial charge in [0.05, 0.1) is 23.7 Å². The Morgan fingerprint density at radius 3 is 2.62 bits per heavy atom. The molecule has 1 aromatic carbocycles. The predicted molar refractivity (Wildman–Crippen MR) is 111 cm³/mol. The van der Waals surface area contributed by atoms with Crippen LogP contribution in [0.5, 0.6) is 0 Å². The van der Waals surface area contributed by atoms with Crippen LogP contribution >= 0.6 is 22.9 Å². The number of carbonyl (C=O) groups excluding carboxylic acids is 1. The lowest BCUT2D eigenvalue weighted by Gasteiger charge is -2.20. The van der Waals surface area contributed by atoms with Crippen LogP contribution in [0.3, 0.4) is 0 Å². The molecule has 0 saturated carbocycles. The van der Waals surface area contributed by atoms with E-state index in [1.165, 1.54) is 16.2 Å². The summed E-state index contributed by atoms with van der Waals surface area (Å²) in [7, 11) is 1.59. The van der Waals surface area contributed by atoms with Crippen molar-refractivity contribution in [1.82, 2.24) is 9.97 Å². The quantitative estimate of drug-likeness (QED) is 0.594. The van der Waals surface area contributed by atoms with E-state index in [2.05, 4.69) is 9.97 Å². The molecule has 0 aliphatic rings. The minimum Gasteiger partial charge on any atom is -0.481 e. The number of amides is 1. The van der Waals surface area contributed by atoms with E-state index < -0.39 is 11.9 Å². The number of anilines is 1. The Hall–Kier alpha value is -2.71. The monoisotopic (exact) mass is 433 g/mol. The highest BCUT2D eigenvalue weighted by Crippen LogP contribution is 2.32. The second kappa shape index (κ2) is 8.75. The number of carboxylic acid groups (broad SMARTS) is 1. The van der Waals surface area contributed by atoms with Crippen LogP contribution in [0.25, 0.3) is 11.3 Å². The van der Waals surface area contributed by atoms with Gasteiger partial charge in [0, 0.05) is 36.4 Å². The lowest BCUT2D eigenvalue weighted by molar-refractivity contribution is -0.140. The Bertz CT molecular complexity index is 1050. The molecule has 0 aliphatic carbocycles. The van der Waals surface area contributed by atoms with Crippen molar-refractivity contribution in [1.29, 1.82) is 0 Å². The van der Waals surface area contributed by atoms with Crippen molar-refractivity contribution < 1.29 is 19.1 Å². The summed E-state index contributed by atoms with van der Waals surface area (Å²) in [5.74, 6) is -1.10. The highest BCUT2D eigenvalue weighted by Gasteiger charge is 2.29. The minimum atomic E-state index is -1.05. The molecule has 152 valence electrons. The average Bonchev–Trinajstić information content (AvgIpc) is 3.26. The molecule has 0 bridgehead atoms. The Morgan fingerprint density at radius 2 is 2.00 bits per heavy atom. The van der Waals surface area contributed by atoms with Crippen LogP contribution < -0.4 is 4.90 Å². The zero-order valence-corrected chi connectivity index (χ0v) is 17.8. The number of carboxylic acids is 1. The number of aryl methyl sites for hydroxylation is 2. The van der Waals surface area contributed by atoms with Gasteiger partial charge < -0.3 is 9.52 Å². The highest BCUT2D eigenvalue weighted by molar-refractivity contribution is 7.14. The van der Waals surface area contributed by atoms with E-state index in [1.54, 1.807) is 27.0 Å². The van der Waals surface area contributed by atoms with Gasteiger partial charge in [0.2, 0.25) is 5.91 Å². The predicted octanol–water partition coefficient (Wildman–Crippen LogP) is 4.36. The maximum atomic E-state index is 13.1. The molecule has 0 spiro atoms. The number of carbonyl (C=O) groups is 2. The molecule has 1 amide bonds. The summed E-state index contributed by atoms with van der Waals surface area (Å²) in [5, 5.41) is 12.1. The van der Waals surface area contributed by atoms with Crippen LogP contribution in [0.2, 0.25) is 5.02 Å². The maximum Gasteiger partial charge on any atom is 0.304 e. The second-order valence-corrected chi connectivity index (χ2v) is 7.87. The number of aliphatic carboxylic acids is 1. The van der Waals surface area contributed by atoms with Crippen molar-refractivity contribution in [2.45, 2.75) is 26.7 Å². The molecule has 2 heterocycles. The normalized spacial score (nSPS) is 12.0. The maximum absolute atomic E-state index is 13.1. The molecule has 29 heavy (non-hydrogen) atoms. The molecule has 0 fully saturated rings. The van der Waals surface area contributed by atoms with Gasteiger partial charge in [-0.25, -0.2) is 9.97 Å². The number of oxazole rings is 1. The van der Waals surface area contributed by atoms with Crippen LogP contribution in [0.4, 0.5) is 5.13 Å². The van der Waals surface area contributed by atoms with Crippen molar-refractivity contribution in [3.05, 3.63) is 52.0 Å². The minimum absolute atomic E-state index is 0.182. The summed E-state index contributed by atoms with van der Waals surface area (Å²) >= 11 is 7.52. The summed E-state index contributed by atoms with van der Waals surface area (Å²) in [5.41, 5.74) is 2.02. The summed E-state index contributed by atoms with van der Waals surface area (Å²) in [6, 6.07) is 7.32. The molecule has 7 nitrogen and oxygen atoms in total. The molecule has 0 unspecified atom stereocenters. The Morgan fingerprint density at radius 1 is 1.28 bits per heavy atom. The van der Waals surface area contributed by atoms with E-state index in [4.69, 9.17) is 16.0 Å². The van der Waals surface area contributed by atoms with Crippen LogP contribution in [-0.4, -0.2) is 34.0 Å². The lowest BCUT2D eigenvalue weighted by Crippen LogP contribution is -2.35. The molecular formula is C20H20ClN3O4S. The topological polar surface area (TPSA) is 96.5 Å². The third-order valence-corrected chi connectivity index (χ3v) is 5.72. The highest BCUT2D eigenvalue weighted by atomic mass is 35.5. The molecule has 0 radical (unpaired) electrons. The third-order valence-electron chi connectivity index (χ3n) is 4.47. The summed E-state index contributed by atoms with van der Waals surface area (Å²) in [4.78, 5) is 34.6. The number of benzene rings is 1. The molecule has 3 aromatic rings. The number of hydrogen-bond donors (Lipinski definition) is 1. The summed E-state index contributed by atoms with van der Waals surface area (Å²) in [6.45, 7) is 3.46. The smallest absolute Gasteiger partial charge is 0.304 e. The molecule has 0 aliphatic heterocycles. The first kappa shape index (κ1) is 21.0. The molecule has 1 atom stereocenters. The largest absolute Gasteiger partial charge is 0.481 e. The first-order valence-electron chi connectivity index (χ1n) is 8.89. The fraction of sp³-hybridized carbons (Fsp3) is 0.300. The fourth-order valence-corrected chi connectivity index (χ4v) is 4.06. The van der Waals surface area contributed by atoms with Crippen molar-refractivity contribution in [3.8, 4) is 11.3 Å². The Labute approximate surface area is 177 Å². The van der Waals surface area contributed by atoms with Crippen LogP contribution in [0.15, 0.2) is 34.1 Å². The van der Waals surface area contributed by atoms with Crippen molar-refractivity contribution in [3.63, 3.8) is 0 Å². The molecule has 9 heteroatoms. The SMILES string of the molecule is Cc1nc(C[C@H](CC(=O)O)C(=O)N(C)c2nc(-c3ccccc3Cl)cs2)c(C)o1. The van der Waals surface area contributed by atoms with E-state index in [0.717, 1.165) is 5.56 Å². The zero-order chi connectivity index (χ0) is 21.1. The van der Waals surface area contributed by atoms with Crippen LogP contribution in [-0.2, 0) is 16.0 Å². The van der Waals surface area contributed by atoms with Crippen LogP contribution in [0, 0.1) is 19.8 Å². The third kappa shape index (κ3) is 4.83. The van der Waals surface area contributed by atoms with E-state index >= 15 is 0 Å². The van der Waals surface area contributed by atoms with Crippen LogP contribution in [0.1, 0.15) is 23.8 Å². The van der Waals surface area contributed by atoms with E-state index in [0.29, 0.717) is 33.2 Å². The second-order valence-electron chi connectivity index (χ2n) is 6.63. The number of halogens is 1. The molecule has 1 N–H and O–H groups in total. The summed E-state index contributed by atoms with van der Waals surface area (Å²) < 4.78 is 5.40. The van der Waals surface area contributed by atoms with Gasteiger partial charge in [-0.3, -0.25) is 14.5 Å². The van der Waals surface area contributed by atoms with Crippen molar-refractivity contribution >= 4 is 39.9 Å². The number of aromatic nitrogens is 2. The Kier molecular flexibility index (Phi) is 6.34. The number of rotatable bonds is 7. The fourth-order valence-electron chi connectivity index (χ4n) is 3.03. The van der Waals surface area contributed by atoms with Gasteiger partial charge in [0.25, 0.3) is 0 Å². The molecular weight excluding hydrogens is 414 g/mol. The van der Waals surface area contributed by atoms with E-state index in [9.17, 15) is 14.7 Å². The molecule has 0 saturated heterocycles. The lowest BCUT2D eigenvalue weighted by atomic mass is 9.97. The van der Waals surface area contributed by atoms with Gasteiger partial charge in [-0.2, -0.15) is 0 Å². The van der Waals surface area contributed by atoms with Crippen molar-refractivity contribution in [2.24, 2.45) is 5.92 Å². The first-order chi connectivity index (χ1) is 13.8. The van der Waals surface area contributed by atoms with Gasteiger partial charge in [-0.05, 0) is 13.0 Å². The van der Waals surface area contributed by atoms with Gasteiger partial charge in [0.15, 0.2) is 11.0 Å². The Balaban J connectivity index is 1.83. The standard InChI is InChI=1S/C20H20ClN3O4S/c1-11-16(22-12(2)28-11)8-13(9-18(25)26)19(27)24(3)20-23-17(10-29-20)14-6-4-5-7-15(14)21/h4-7,10,13H,8-9H2,1-3H3,(H,25,26)/t13-/m1/s1. The number of thiazole rings is 1. The summed E-state index contributed by atoms with van der Waals surface area (Å²) in [6.07, 6.45) is -0.126. The molecule has 2 aromatic heterocycles. The van der Waals surface area contributed by atoms with E-state index in [1.807, 2.05) is 23.6 Å². The van der Waals surface area contributed by atoms with Gasteiger partial charge in [-0.1, -0.05) is 29.8 Å². The average molecular weight is 434 g/mol.